The topological polar surface area (TPSA) is 0 Å². The van der Waals surface area contributed by atoms with Gasteiger partial charge in [0.15, 0.2) is 0 Å². The van der Waals surface area contributed by atoms with Crippen molar-refractivity contribution in [3.05, 3.63) is 12.7 Å². The van der Waals surface area contributed by atoms with Crippen LogP contribution in [0, 0.1) is 29.6 Å². The van der Waals surface area contributed by atoms with Crippen molar-refractivity contribution in [2.75, 3.05) is 0 Å². The molecular formula is C27H54. The van der Waals surface area contributed by atoms with Crippen LogP contribution in [0.2, 0.25) is 0 Å². The molecule has 0 aromatic rings. The Morgan fingerprint density at radius 2 is 1.30 bits per heavy atom. The third-order valence-corrected chi connectivity index (χ3v) is 7.05. The van der Waals surface area contributed by atoms with Crippen LogP contribution in [0.25, 0.3) is 0 Å². The molecule has 0 aliphatic carbocycles. The third kappa shape index (κ3) is 13.5. The summed E-state index contributed by atoms with van der Waals surface area (Å²) in [7, 11) is 0. The van der Waals surface area contributed by atoms with Gasteiger partial charge in [-0.2, -0.15) is 0 Å². The molecule has 0 saturated carbocycles. The lowest BCUT2D eigenvalue weighted by atomic mass is 9.81. The highest BCUT2D eigenvalue weighted by Gasteiger charge is 2.17. The molecule has 0 fully saturated rings. The van der Waals surface area contributed by atoms with E-state index < -0.39 is 0 Å². The SMILES string of the molecule is C=CC(CC(C)CCCCCC(CC)CC(CC)CCC)C(C)CCCC. The van der Waals surface area contributed by atoms with Gasteiger partial charge in [-0.15, -0.1) is 6.58 Å². The lowest BCUT2D eigenvalue weighted by Crippen LogP contribution is -2.13. The molecule has 0 bridgehead atoms. The standard InChI is InChI=1S/C27H54/c1-8-13-19-24(7)27(12-5)21-23(6)18-15-14-16-20-26(11-4)22-25(10-3)17-9-2/h12,23-27H,5,8-11,13-22H2,1-4,6-7H3. The van der Waals surface area contributed by atoms with E-state index in [1.807, 2.05) is 0 Å². The van der Waals surface area contributed by atoms with Gasteiger partial charge in [0.25, 0.3) is 0 Å². The summed E-state index contributed by atoms with van der Waals surface area (Å²) >= 11 is 0. The van der Waals surface area contributed by atoms with Crippen LogP contribution in [0.3, 0.4) is 0 Å². The molecule has 0 radical (unpaired) electrons. The zero-order chi connectivity index (χ0) is 20.5. The van der Waals surface area contributed by atoms with Gasteiger partial charge in [-0.1, -0.05) is 125 Å². The molecule has 0 aliphatic heterocycles. The Morgan fingerprint density at radius 3 is 1.85 bits per heavy atom. The Morgan fingerprint density at radius 1 is 0.667 bits per heavy atom. The molecule has 5 unspecified atom stereocenters. The van der Waals surface area contributed by atoms with Gasteiger partial charge in [0.1, 0.15) is 0 Å². The minimum Gasteiger partial charge on any atom is -0.103 e. The molecule has 27 heavy (non-hydrogen) atoms. The Balaban J connectivity index is 3.98. The van der Waals surface area contributed by atoms with Gasteiger partial charge in [-0.3, -0.25) is 0 Å². The van der Waals surface area contributed by atoms with E-state index in [-0.39, 0.29) is 0 Å². The van der Waals surface area contributed by atoms with Crippen LogP contribution >= 0.6 is 0 Å². The molecule has 0 aromatic carbocycles. The van der Waals surface area contributed by atoms with Crippen molar-refractivity contribution in [1.29, 1.82) is 0 Å². The fraction of sp³-hybridized carbons (Fsp3) is 0.926. The number of hydrogen-bond acceptors (Lipinski definition) is 0. The van der Waals surface area contributed by atoms with Crippen LogP contribution in [-0.4, -0.2) is 0 Å². The van der Waals surface area contributed by atoms with E-state index in [1.54, 1.807) is 0 Å². The van der Waals surface area contributed by atoms with E-state index in [2.05, 4.69) is 54.2 Å². The van der Waals surface area contributed by atoms with Gasteiger partial charge in [-0.05, 0) is 42.4 Å². The van der Waals surface area contributed by atoms with E-state index in [9.17, 15) is 0 Å². The van der Waals surface area contributed by atoms with Crippen molar-refractivity contribution in [3.63, 3.8) is 0 Å². The summed E-state index contributed by atoms with van der Waals surface area (Å²) in [6.07, 6.45) is 21.9. The van der Waals surface area contributed by atoms with Crippen LogP contribution in [0.1, 0.15) is 131 Å². The molecule has 0 heterocycles. The van der Waals surface area contributed by atoms with Gasteiger partial charge in [0, 0.05) is 0 Å². The number of hydrogen-bond donors (Lipinski definition) is 0. The largest absolute Gasteiger partial charge is 0.103 e. The van der Waals surface area contributed by atoms with Crippen molar-refractivity contribution in [2.45, 2.75) is 131 Å². The highest BCUT2D eigenvalue weighted by Crippen LogP contribution is 2.29. The molecule has 0 saturated heterocycles. The van der Waals surface area contributed by atoms with Crippen LogP contribution < -0.4 is 0 Å². The Kier molecular flexibility index (Phi) is 17.6. The second kappa shape index (κ2) is 17.8. The molecule has 0 spiro atoms. The van der Waals surface area contributed by atoms with Crippen molar-refractivity contribution in [2.24, 2.45) is 29.6 Å². The summed E-state index contributed by atoms with van der Waals surface area (Å²) in [4.78, 5) is 0. The van der Waals surface area contributed by atoms with Gasteiger partial charge < -0.3 is 0 Å². The van der Waals surface area contributed by atoms with Gasteiger partial charge in [0.05, 0.1) is 0 Å². The van der Waals surface area contributed by atoms with E-state index in [0.717, 1.165) is 29.6 Å². The molecular weight excluding hydrogens is 324 g/mol. The summed E-state index contributed by atoms with van der Waals surface area (Å²) in [5.41, 5.74) is 0. The average Bonchev–Trinajstić information content (AvgIpc) is 2.68. The quantitative estimate of drug-likeness (QED) is 0.155. The summed E-state index contributed by atoms with van der Waals surface area (Å²) in [5, 5.41) is 0. The van der Waals surface area contributed by atoms with Gasteiger partial charge >= 0.3 is 0 Å². The van der Waals surface area contributed by atoms with E-state index in [0.29, 0.717) is 0 Å². The minimum atomic E-state index is 0.723. The smallest absolute Gasteiger partial charge is 0.0208 e. The normalized spacial score (nSPS) is 17.3. The first kappa shape index (κ1) is 26.7. The fourth-order valence-electron chi connectivity index (χ4n) is 4.84. The maximum Gasteiger partial charge on any atom is -0.0208 e. The highest BCUT2D eigenvalue weighted by molar-refractivity contribution is 4.84. The van der Waals surface area contributed by atoms with Crippen molar-refractivity contribution >= 4 is 0 Å². The number of unbranched alkanes of at least 4 members (excludes halogenated alkanes) is 3. The first-order valence-electron chi connectivity index (χ1n) is 12.6. The first-order chi connectivity index (χ1) is 13.0. The lowest BCUT2D eigenvalue weighted by Gasteiger charge is -2.24. The van der Waals surface area contributed by atoms with E-state index in [4.69, 9.17) is 0 Å². The molecule has 0 aromatic heterocycles. The third-order valence-electron chi connectivity index (χ3n) is 7.05. The zero-order valence-corrected chi connectivity index (χ0v) is 20.1. The predicted molar refractivity (Wildman–Crippen MR) is 126 cm³/mol. The minimum absolute atomic E-state index is 0.723. The summed E-state index contributed by atoms with van der Waals surface area (Å²) in [6, 6.07) is 0. The number of allylic oxidation sites excluding steroid dienone is 1. The molecule has 0 heteroatoms. The zero-order valence-electron chi connectivity index (χ0n) is 20.1. The lowest BCUT2D eigenvalue weighted by molar-refractivity contribution is 0.301. The molecule has 0 amide bonds. The Hall–Kier alpha value is -0.260. The van der Waals surface area contributed by atoms with Gasteiger partial charge in [-0.25, -0.2) is 0 Å². The molecule has 5 atom stereocenters. The predicted octanol–water partition coefficient (Wildman–Crippen LogP) is 9.83. The van der Waals surface area contributed by atoms with E-state index >= 15 is 0 Å². The molecule has 0 nitrogen and oxygen atoms in total. The fourth-order valence-corrected chi connectivity index (χ4v) is 4.84. The van der Waals surface area contributed by atoms with Gasteiger partial charge in [0.2, 0.25) is 0 Å². The highest BCUT2D eigenvalue weighted by atomic mass is 14.2. The van der Waals surface area contributed by atoms with Crippen molar-refractivity contribution in [1.82, 2.24) is 0 Å². The van der Waals surface area contributed by atoms with Crippen LogP contribution in [-0.2, 0) is 0 Å². The van der Waals surface area contributed by atoms with Crippen LogP contribution in [0.4, 0.5) is 0 Å². The van der Waals surface area contributed by atoms with Crippen molar-refractivity contribution in [3.8, 4) is 0 Å². The summed E-state index contributed by atoms with van der Waals surface area (Å²) < 4.78 is 0. The Bertz CT molecular complexity index is 318. The molecule has 0 rings (SSSR count). The summed E-state index contributed by atoms with van der Waals surface area (Å²) in [6.45, 7) is 18.4. The maximum absolute atomic E-state index is 4.13. The molecule has 0 aliphatic rings. The monoisotopic (exact) mass is 378 g/mol. The van der Waals surface area contributed by atoms with Crippen LogP contribution in [0.5, 0.6) is 0 Å². The summed E-state index contributed by atoms with van der Waals surface area (Å²) in [5.74, 6) is 4.34. The number of rotatable bonds is 19. The molecule has 0 N–H and O–H groups in total. The Labute approximate surface area is 174 Å². The van der Waals surface area contributed by atoms with E-state index in [1.165, 1.54) is 89.9 Å². The maximum atomic E-state index is 4.13. The molecule has 162 valence electrons. The van der Waals surface area contributed by atoms with Crippen molar-refractivity contribution < 1.29 is 0 Å². The first-order valence-corrected chi connectivity index (χ1v) is 12.6. The second-order valence-electron chi connectivity index (χ2n) is 9.57. The average molecular weight is 379 g/mol. The van der Waals surface area contributed by atoms with Crippen LogP contribution in [0.15, 0.2) is 12.7 Å². The second-order valence-corrected chi connectivity index (χ2v) is 9.57.